The van der Waals surface area contributed by atoms with Crippen LogP contribution in [0.2, 0.25) is 0 Å². The highest BCUT2D eigenvalue weighted by Crippen LogP contribution is 2.21. The van der Waals surface area contributed by atoms with Gasteiger partial charge < -0.3 is 0 Å². The van der Waals surface area contributed by atoms with Crippen molar-refractivity contribution in [1.29, 1.82) is 0 Å². The first-order valence-electron chi connectivity index (χ1n) is 4.54. The Kier molecular flexibility index (Phi) is 2.92. The highest BCUT2D eigenvalue weighted by molar-refractivity contribution is 5.26. The maximum absolute atomic E-state index is 2.38. The molecular weight excluding hydrogens is 132 g/mol. The highest BCUT2D eigenvalue weighted by atomic mass is 14.1. The second-order valence-electron chi connectivity index (χ2n) is 3.91. The van der Waals surface area contributed by atoms with E-state index >= 15 is 0 Å². The van der Waals surface area contributed by atoms with Gasteiger partial charge in [-0.15, -0.1) is 0 Å². The molecule has 0 saturated heterocycles. The molecule has 0 aromatic heterocycles. The second kappa shape index (κ2) is 3.75. The molecule has 0 aliphatic heterocycles. The van der Waals surface area contributed by atoms with Crippen molar-refractivity contribution in [3.05, 3.63) is 23.3 Å². The van der Waals surface area contributed by atoms with Crippen LogP contribution in [0.3, 0.4) is 0 Å². The van der Waals surface area contributed by atoms with E-state index in [1.54, 1.807) is 11.1 Å². The van der Waals surface area contributed by atoms with Crippen molar-refractivity contribution in [2.75, 3.05) is 0 Å². The normalized spacial score (nSPS) is 18.2. The van der Waals surface area contributed by atoms with E-state index in [9.17, 15) is 0 Å². The van der Waals surface area contributed by atoms with Crippen LogP contribution in [0.4, 0.5) is 0 Å². The van der Waals surface area contributed by atoms with Gasteiger partial charge in [0, 0.05) is 0 Å². The summed E-state index contributed by atoms with van der Waals surface area (Å²) in [5.41, 5.74) is 3.09. The largest absolute Gasteiger partial charge is 0.0810 e. The van der Waals surface area contributed by atoms with Crippen molar-refractivity contribution in [1.82, 2.24) is 0 Å². The third-order valence-electron chi connectivity index (χ3n) is 2.02. The maximum Gasteiger partial charge on any atom is -0.0259 e. The van der Waals surface area contributed by atoms with Gasteiger partial charge in [-0.1, -0.05) is 37.1 Å². The van der Waals surface area contributed by atoms with Crippen LogP contribution in [0.1, 0.15) is 40.0 Å². The summed E-state index contributed by atoms with van der Waals surface area (Å²) in [6.07, 6.45) is 8.50. The number of allylic oxidation sites excluding steroid dienone is 4. The van der Waals surface area contributed by atoms with Crippen LogP contribution < -0.4 is 0 Å². The van der Waals surface area contributed by atoms with Crippen LogP contribution in [0.25, 0.3) is 0 Å². The fraction of sp³-hybridized carbons (Fsp3) is 0.636. The first-order chi connectivity index (χ1) is 5.18. The molecule has 0 aromatic carbocycles. The Bertz CT molecular complexity index is 182. The molecule has 1 rings (SSSR count). The summed E-state index contributed by atoms with van der Waals surface area (Å²) in [7, 11) is 0. The Balaban J connectivity index is 2.52. The number of hydrogen-bond acceptors (Lipinski definition) is 0. The van der Waals surface area contributed by atoms with E-state index in [0.29, 0.717) is 0 Å². The van der Waals surface area contributed by atoms with Crippen LogP contribution in [0.15, 0.2) is 23.3 Å². The molecule has 0 radical (unpaired) electrons. The van der Waals surface area contributed by atoms with Gasteiger partial charge in [0.05, 0.1) is 0 Å². The van der Waals surface area contributed by atoms with Gasteiger partial charge in [-0.25, -0.2) is 0 Å². The van der Waals surface area contributed by atoms with Crippen LogP contribution in [-0.2, 0) is 0 Å². The van der Waals surface area contributed by atoms with Gasteiger partial charge in [0.15, 0.2) is 0 Å². The fourth-order valence-corrected chi connectivity index (χ4v) is 1.55. The fourth-order valence-electron chi connectivity index (χ4n) is 1.55. The molecule has 0 atom stereocenters. The van der Waals surface area contributed by atoms with E-state index in [-0.39, 0.29) is 0 Å². The molecule has 1 aliphatic carbocycles. The predicted octanol–water partition coefficient (Wildman–Crippen LogP) is 3.70. The molecule has 62 valence electrons. The minimum absolute atomic E-state index is 0.795. The standard InChI is InChI=1S/C11H18/c1-9(2)7-11-6-4-5-10(3)8-11/h6,8-9H,4-5,7H2,1-3H3. The van der Waals surface area contributed by atoms with Crippen molar-refractivity contribution >= 4 is 0 Å². The van der Waals surface area contributed by atoms with Crippen molar-refractivity contribution in [2.45, 2.75) is 40.0 Å². The molecule has 0 nitrogen and oxygen atoms in total. The lowest BCUT2D eigenvalue weighted by Crippen LogP contribution is -1.94. The Labute approximate surface area is 70.0 Å². The number of hydrogen-bond donors (Lipinski definition) is 0. The molecular formula is C11H18. The quantitative estimate of drug-likeness (QED) is 0.563. The molecule has 0 heterocycles. The van der Waals surface area contributed by atoms with Crippen molar-refractivity contribution in [3.8, 4) is 0 Å². The third kappa shape index (κ3) is 2.92. The summed E-state index contributed by atoms with van der Waals surface area (Å²) in [6.45, 7) is 6.78. The maximum atomic E-state index is 2.38. The minimum atomic E-state index is 0.795. The average Bonchev–Trinajstić information content (AvgIpc) is 1.85. The molecule has 0 spiro atoms. The first-order valence-corrected chi connectivity index (χ1v) is 4.54. The second-order valence-corrected chi connectivity index (χ2v) is 3.91. The Morgan fingerprint density at radius 1 is 1.45 bits per heavy atom. The first kappa shape index (κ1) is 8.58. The molecule has 0 aromatic rings. The predicted molar refractivity (Wildman–Crippen MR) is 50.5 cm³/mol. The van der Waals surface area contributed by atoms with Crippen LogP contribution in [0, 0.1) is 5.92 Å². The zero-order chi connectivity index (χ0) is 8.27. The summed E-state index contributed by atoms with van der Waals surface area (Å²) in [5.74, 6) is 0.795. The van der Waals surface area contributed by atoms with Crippen molar-refractivity contribution in [3.63, 3.8) is 0 Å². The SMILES string of the molecule is CC1=CC(CC(C)C)=CCC1. The van der Waals surface area contributed by atoms with Gasteiger partial charge in [-0.3, -0.25) is 0 Å². The summed E-state index contributed by atoms with van der Waals surface area (Å²) >= 11 is 0. The summed E-state index contributed by atoms with van der Waals surface area (Å²) < 4.78 is 0. The Morgan fingerprint density at radius 2 is 2.18 bits per heavy atom. The monoisotopic (exact) mass is 150 g/mol. The van der Waals surface area contributed by atoms with E-state index < -0.39 is 0 Å². The molecule has 0 amide bonds. The van der Waals surface area contributed by atoms with E-state index in [0.717, 1.165) is 5.92 Å². The highest BCUT2D eigenvalue weighted by Gasteiger charge is 2.03. The van der Waals surface area contributed by atoms with Gasteiger partial charge in [-0.05, 0) is 32.1 Å². The van der Waals surface area contributed by atoms with Crippen molar-refractivity contribution < 1.29 is 0 Å². The van der Waals surface area contributed by atoms with Gasteiger partial charge in [0.2, 0.25) is 0 Å². The lowest BCUT2D eigenvalue weighted by molar-refractivity contribution is 0.644. The molecule has 0 unspecified atom stereocenters. The zero-order valence-electron chi connectivity index (χ0n) is 7.85. The molecule has 0 saturated carbocycles. The van der Waals surface area contributed by atoms with Crippen LogP contribution in [-0.4, -0.2) is 0 Å². The van der Waals surface area contributed by atoms with E-state index in [1.165, 1.54) is 19.3 Å². The van der Waals surface area contributed by atoms with Gasteiger partial charge in [0.1, 0.15) is 0 Å². The summed E-state index contributed by atoms with van der Waals surface area (Å²) in [5, 5.41) is 0. The van der Waals surface area contributed by atoms with Gasteiger partial charge >= 0.3 is 0 Å². The third-order valence-corrected chi connectivity index (χ3v) is 2.02. The molecule has 0 heteroatoms. The average molecular weight is 150 g/mol. The van der Waals surface area contributed by atoms with E-state index in [4.69, 9.17) is 0 Å². The Hall–Kier alpha value is -0.520. The van der Waals surface area contributed by atoms with Crippen LogP contribution in [0.5, 0.6) is 0 Å². The van der Waals surface area contributed by atoms with Crippen molar-refractivity contribution in [2.24, 2.45) is 5.92 Å². The lowest BCUT2D eigenvalue weighted by Gasteiger charge is -2.12. The lowest BCUT2D eigenvalue weighted by atomic mass is 9.94. The van der Waals surface area contributed by atoms with Gasteiger partial charge in [0.25, 0.3) is 0 Å². The minimum Gasteiger partial charge on any atom is -0.0810 e. The molecule has 0 bridgehead atoms. The zero-order valence-corrected chi connectivity index (χ0v) is 7.85. The molecule has 1 aliphatic rings. The van der Waals surface area contributed by atoms with E-state index in [1.807, 2.05) is 0 Å². The topological polar surface area (TPSA) is 0 Å². The van der Waals surface area contributed by atoms with E-state index in [2.05, 4.69) is 32.9 Å². The summed E-state index contributed by atoms with van der Waals surface area (Å²) in [4.78, 5) is 0. The smallest absolute Gasteiger partial charge is 0.0259 e. The molecule has 11 heavy (non-hydrogen) atoms. The Morgan fingerprint density at radius 3 is 2.73 bits per heavy atom. The number of rotatable bonds is 2. The van der Waals surface area contributed by atoms with Crippen LogP contribution >= 0.6 is 0 Å². The molecule has 0 N–H and O–H groups in total. The molecule has 0 fully saturated rings. The van der Waals surface area contributed by atoms with Gasteiger partial charge in [-0.2, -0.15) is 0 Å². The summed E-state index contributed by atoms with van der Waals surface area (Å²) in [6, 6.07) is 0.